The zero-order chi connectivity index (χ0) is 14.7. The second kappa shape index (κ2) is 6.89. The number of nitrogens with one attached hydrogen (secondary N) is 1. The van der Waals surface area contributed by atoms with Crippen LogP contribution in [0.5, 0.6) is 0 Å². The lowest BCUT2D eigenvalue weighted by molar-refractivity contribution is 0.182. The highest BCUT2D eigenvalue weighted by molar-refractivity contribution is 5.25. The largest absolute Gasteiger partial charge is 0.310 e. The molecule has 21 heavy (non-hydrogen) atoms. The normalized spacial score (nSPS) is 20.1. The van der Waals surface area contributed by atoms with Gasteiger partial charge in [-0.1, -0.05) is 31.4 Å². The molecule has 1 aromatic rings. The van der Waals surface area contributed by atoms with Crippen LogP contribution in [0.2, 0.25) is 0 Å². The molecule has 1 aromatic carbocycles. The molecule has 0 aromatic heterocycles. The van der Waals surface area contributed by atoms with Crippen molar-refractivity contribution in [3.63, 3.8) is 0 Å². The predicted octanol–water partition coefficient (Wildman–Crippen LogP) is 3.84. The molecule has 0 saturated heterocycles. The number of halogens is 1. The van der Waals surface area contributed by atoms with E-state index < -0.39 is 0 Å². The van der Waals surface area contributed by atoms with Crippen LogP contribution in [0.3, 0.4) is 0 Å². The van der Waals surface area contributed by atoms with Gasteiger partial charge in [0.1, 0.15) is 5.82 Å². The molecule has 0 spiro atoms. The molecule has 2 aliphatic carbocycles. The van der Waals surface area contributed by atoms with Gasteiger partial charge in [0.15, 0.2) is 0 Å². The van der Waals surface area contributed by atoms with Gasteiger partial charge in [0.25, 0.3) is 0 Å². The lowest BCUT2D eigenvalue weighted by Gasteiger charge is -2.31. The van der Waals surface area contributed by atoms with Gasteiger partial charge in [0.2, 0.25) is 0 Å². The number of nitrogens with zero attached hydrogens (tertiary/aromatic N) is 1. The smallest absolute Gasteiger partial charge is 0.127 e. The number of rotatable bonds is 6. The summed E-state index contributed by atoms with van der Waals surface area (Å²) in [6, 6.07) is 6.92. The number of hydrogen-bond acceptors (Lipinski definition) is 2. The van der Waals surface area contributed by atoms with Crippen LogP contribution in [0.1, 0.15) is 56.1 Å². The molecule has 0 aliphatic heterocycles. The molecular weight excluding hydrogens is 263 g/mol. The van der Waals surface area contributed by atoms with E-state index in [9.17, 15) is 4.39 Å². The standard InChI is InChI=1S/C18H27FN2/c1-21(17-5-3-2-4-6-17)13-15-11-14(7-10-18(15)19)12-20-16-8-9-16/h7,10-11,16-17,20H,2-6,8-9,12-13H2,1H3. The summed E-state index contributed by atoms with van der Waals surface area (Å²) >= 11 is 0. The van der Waals surface area contributed by atoms with E-state index in [1.165, 1.54) is 50.5 Å². The van der Waals surface area contributed by atoms with Gasteiger partial charge in [-0.05, 0) is 44.4 Å². The van der Waals surface area contributed by atoms with Crippen molar-refractivity contribution in [3.8, 4) is 0 Å². The molecule has 1 N–H and O–H groups in total. The Balaban J connectivity index is 1.60. The third kappa shape index (κ3) is 4.27. The molecule has 0 atom stereocenters. The summed E-state index contributed by atoms with van der Waals surface area (Å²) in [5.74, 6) is -0.0622. The number of benzene rings is 1. The predicted molar refractivity (Wildman–Crippen MR) is 84.6 cm³/mol. The van der Waals surface area contributed by atoms with Gasteiger partial charge in [-0.3, -0.25) is 4.90 Å². The van der Waals surface area contributed by atoms with Crippen LogP contribution in [-0.4, -0.2) is 24.0 Å². The van der Waals surface area contributed by atoms with Crippen molar-refractivity contribution in [1.29, 1.82) is 0 Å². The second-order valence-electron chi connectivity index (χ2n) is 6.79. The first-order valence-corrected chi connectivity index (χ1v) is 8.43. The third-order valence-electron chi connectivity index (χ3n) is 4.90. The van der Waals surface area contributed by atoms with Crippen molar-refractivity contribution in [2.45, 2.75) is 70.1 Å². The fourth-order valence-electron chi connectivity index (χ4n) is 3.33. The molecule has 0 amide bonds. The van der Waals surface area contributed by atoms with Crippen LogP contribution < -0.4 is 5.32 Å². The summed E-state index contributed by atoms with van der Waals surface area (Å²) in [5.41, 5.74) is 2.05. The van der Waals surface area contributed by atoms with Crippen molar-refractivity contribution in [2.24, 2.45) is 0 Å². The maximum atomic E-state index is 14.1. The van der Waals surface area contributed by atoms with Crippen molar-refractivity contribution < 1.29 is 4.39 Å². The fourth-order valence-corrected chi connectivity index (χ4v) is 3.33. The van der Waals surface area contributed by atoms with Crippen LogP contribution >= 0.6 is 0 Å². The Morgan fingerprint density at radius 1 is 1.14 bits per heavy atom. The van der Waals surface area contributed by atoms with E-state index in [0.717, 1.165) is 18.7 Å². The van der Waals surface area contributed by atoms with E-state index in [2.05, 4.69) is 17.3 Å². The molecule has 0 radical (unpaired) electrons. The highest BCUT2D eigenvalue weighted by Gasteiger charge is 2.21. The van der Waals surface area contributed by atoms with Gasteiger partial charge in [-0.25, -0.2) is 4.39 Å². The van der Waals surface area contributed by atoms with E-state index >= 15 is 0 Å². The zero-order valence-corrected chi connectivity index (χ0v) is 13.1. The second-order valence-corrected chi connectivity index (χ2v) is 6.79. The molecule has 116 valence electrons. The summed E-state index contributed by atoms with van der Waals surface area (Å²) in [4.78, 5) is 2.34. The average molecular weight is 290 g/mol. The Bertz CT molecular complexity index is 464. The summed E-state index contributed by atoms with van der Waals surface area (Å²) in [7, 11) is 2.14. The van der Waals surface area contributed by atoms with Gasteiger partial charge in [0, 0.05) is 30.7 Å². The SMILES string of the molecule is CN(Cc1cc(CNC2CC2)ccc1F)C1CCCCC1. The first-order chi connectivity index (χ1) is 10.2. The minimum Gasteiger partial charge on any atom is -0.310 e. The van der Waals surface area contributed by atoms with Gasteiger partial charge in [-0.15, -0.1) is 0 Å². The van der Waals surface area contributed by atoms with E-state index in [1.54, 1.807) is 6.07 Å². The van der Waals surface area contributed by atoms with Gasteiger partial charge < -0.3 is 5.32 Å². The minimum atomic E-state index is -0.0622. The molecule has 2 saturated carbocycles. The van der Waals surface area contributed by atoms with E-state index in [-0.39, 0.29) is 5.82 Å². The van der Waals surface area contributed by atoms with Gasteiger partial charge in [0.05, 0.1) is 0 Å². The molecule has 2 fully saturated rings. The van der Waals surface area contributed by atoms with Crippen LogP contribution in [0.25, 0.3) is 0 Å². The highest BCUT2D eigenvalue weighted by Crippen LogP contribution is 2.24. The maximum absolute atomic E-state index is 14.1. The summed E-state index contributed by atoms with van der Waals surface area (Å²) in [6.07, 6.45) is 9.12. The minimum absolute atomic E-state index is 0.0622. The van der Waals surface area contributed by atoms with Crippen LogP contribution in [-0.2, 0) is 13.1 Å². The third-order valence-corrected chi connectivity index (χ3v) is 4.90. The summed E-state index contributed by atoms with van der Waals surface area (Å²) in [5, 5.41) is 3.50. The summed E-state index contributed by atoms with van der Waals surface area (Å²) < 4.78 is 14.1. The van der Waals surface area contributed by atoms with Crippen molar-refractivity contribution in [2.75, 3.05) is 7.05 Å². The molecule has 0 unspecified atom stereocenters. The topological polar surface area (TPSA) is 15.3 Å². The molecule has 3 rings (SSSR count). The van der Waals surface area contributed by atoms with Crippen LogP contribution in [0.15, 0.2) is 18.2 Å². The maximum Gasteiger partial charge on any atom is 0.127 e. The van der Waals surface area contributed by atoms with Crippen molar-refractivity contribution in [3.05, 3.63) is 35.1 Å². The van der Waals surface area contributed by atoms with Gasteiger partial charge >= 0.3 is 0 Å². The Morgan fingerprint density at radius 2 is 1.90 bits per heavy atom. The molecule has 0 heterocycles. The van der Waals surface area contributed by atoms with E-state index in [0.29, 0.717) is 12.1 Å². The van der Waals surface area contributed by atoms with Crippen LogP contribution in [0.4, 0.5) is 4.39 Å². The first kappa shape index (κ1) is 15.0. The van der Waals surface area contributed by atoms with E-state index in [4.69, 9.17) is 0 Å². The lowest BCUT2D eigenvalue weighted by Crippen LogP contribution is -2.33. The molecule has 3 heteroatoms. The Kier molecular flexibility index (Phi) is 4.91. The molecule has 2 aliphatic rings. The Labute approximate surface area is 127 Å². The van der Waals surface area contributed by atoms with Gasteiger partial charge in [-0.2, -0.15) is 0 Å². The van der Waals surface area contributed by atoms with E-state index in [1.807, 2.05) is 12.1 Å². The zero-order valence-electron chi connectivity index (χ0n) is 13.1. The lowest BCUT2D eigenvalue weighted by atomic mass is 9.94. The molecule has 2 nitrogen and oxygen atoms in total. The monoisotopic (exact) mass is 290 g/mol. The van der Waals surface area contributed by atoms with Crippen molar-refractivity contribution in [1.82, 2.24) is 10.2 Å². The Hall–Kier alpha value is -0.930. The average Bonchev–Trinajstić information content (AvgIpc) is 3.33. The van der Waals surface area contributed by atoms with Crippen molar-refractivity contribution >= 4 is 0 Å². The quantitative estimate of drug-likeness (QED) is 0.856. The molecule has 0 bridgehead atoms. The summed E-state index contributed by atoms with van der Waals surface area (Å²) in [6.45, 7) is 1.60. The molecular formula is C18H27FN2. The number of hydrogen-bond donors (Lipinski definition) is 1. The van der Waals surface area contributed by atoms with Crippen LogP contribution in [0, 0.1) is 5.82 Å². The fraction of sp³-hybridized carbons (Fsp3) is 0.667. The highest BCUT2D eigenvalue weighted by atomic mass is 19.1. The Morgan fingerprint density at radius 3 is 2.62 bits per heavy atom. The first-order valence-electron chi connectivity index (χ1n) is 8.43.